The Labute approximate surface area is 202 Å². The maximum absolute atomic E-state index is 12.8. The molecule has 5 rings (SSSR count). The van der Waals surface area contributed by atoms with Crippen molar-refractivity contribution in [1.29, 1.82) is 0 Å². The van der Waals surface area contributed by atoms with E-state index in [4.69, 9.17) is 0 Å². The van der Waals surface area contributed by atoms with E-state index in [1.165, 1.54) is 25.7 Å². The minimum absolute atomic E-state index is 0.00863. The smallest absolute Gasteiger partial charge is 0.309 e. The van der Waals surface area contributed by atoms with Gasteiger partial charge >= 0.3 is 5.97 Å². The van der Waals surface area contributed by atoms with Crippen LogP contribution in [0.3, 0.4) is 0 Å². The van der Waals surface area contributed by atoms with E-state index < -0.39 is 11.4 Å². The first-order valence-electron chi connectivity index (χ1n) is 14.2. The molecule has 0 aromatic rings. The van der Waals surface area contributed by atoms with E-state index in [9.17, 15) is 15.0 Å². The van der Waals surface area contributed by atoms with Gasteiger partial charge in [-0.05, 0) is 121 Å². The van der Waals surface area contributed by atoms with Crippen molar-refractivity contribution >= 4 is 5.97 Å². The molecule has 0 radical (unpaired) electrons. The van der Waals surface area contributed by atoms with E-state index in [0.717, 1.165) is 38.5 Å². The van der Waals surface area contributed by atoms with Crippen LogP contribution in [0.25, 0.3) is 0 Å². The maximum Gasteiger partial charge on any atom is 0.309 e. The van der Waals surface area contributed by atoms with Crippen molar-refractivity contribution in [2.45, 2.75) is 119 Å². The molecule has 10 atom stereocenters. The predicted octanol–water partition coefficient (Wildman–Crippen LogP) is 7.17. The third kappa shape index (κ3) is 2.81. The fraction of sp³-hybridized carbons (Fsp3) is 0.967. The fourth-order valence-corrected chi connectivity index (χ4v) is 11.8. The topological polar surface area (TPSA) is 57.5 Å². The van der Waals surface area contributed by atoms with E-state index >= 15 is 0 Å². The van der Waals surface area contributed by atoms with Crippen LogP contribution >= 0.6 is 0 Å². The van der Waals surface area contributed by atoms with Crippen LogP contribution in [0.2, 0.25) is 0 Å². The van der Waals surface area contributed by atoms with Crippen LogP contribution in [0, 0.1) is 62.6 Å². The molecule has 0 spiro atoms. The molecule has 0 heterocycles. The molecule has 5 fully saturated rings. The number of aliphatic hydroxyl groups excluding tert-OH is 1. The number of aliphatic hydroxyl groups is 1. The molecule has 0 aromatic carbocycles. The van der Waals surface area contributed by atoms with Crippen LogP contribution < -0.4 is 0 Å². The zero-order chi connectivity index (χ0) is 24.2. The second-order valence-corrected chi connectivity index (χ2v) is 15.0. The summed E-state index contributed by atoms with van der Waals surface area (Å²) in [6, 6.07) is 0. The first-order valence-corrected chi connectivity index (χ1v) is 14.2. The van der Waals surface area contributed by atoms with E-state index in [2.05, 4.69) is 48.5 Å². The number of hydrogen-bond donors (Lipinski definition) is 2. The average molecular weight is 459 g/mol. The van der Waals surface area contributed by atoms with E-state index in [0.29, 0.717) is 35.5 Å². The van der Waals surface area contributed by atoms with Crippen LogP contribution in [0.15, 0.2) is 0 Å². The highest BCUT2D eigenvalue weighted by atomic mass is 16.4. The van der Waals surface area contributed by atoms with Gasteiger partial charge in [0, 0.05) is 0 Å². The second-order valence-electron chi connectivity index (χ2n) is 15.0. The normalized spacial score (nSPS) is 55.3. The molecule has 0 amide bonds. The van der Waals surface area contributed by atoms with Crippen LogP contribution in [0.1, 0.15) is 113 Å². The van der Waals surface area contributed by atoms with Crippen LogP contribution in [-0.4, -0.2) is 22.3 Å². The van der Waals surface area contributed by atoms with Gasteiger partial charge in [-0.25, -0.2) is 0 Å². The Morgan fingerprint density at radius 1 is 0.788 bits per heavy atom. The van der Waals surface area contributed by atoms with E-state index in [1.54, 1.807) is 0 Å². The molecule has 2 N–H and O–H groups in total. The van der Waals surface area contributed by atoms with Gasteiger partial charge in [-0.3, -0.25) is 4.79 Å². The quantitative estimate of drug-likeness (QED) is 0.461. The summed E-state index contributed by atoms with van der Waals surface area (Å²) in [6.07, 6.45) is 10.8. The Morgan fingerprint density at radius 2 is 1.48 bits per heavy atom. The summed E-state index contributed by atoms with van der Waals surface area (Å²) in [7, 11) is 0. The Hall–Kier alpha value is -0.570. The van der Waals surface area contributed by atoms with Gasteiger partial charge in [-0.1, -0.05) is 48.5 Å². The van der Waals surface area contributed by atoms with Gasteiger partial charge in [-0.15, -0.1) is 0 Å². The number of carboxylic acids is 1. The largest absolute Gasteiger partial charge is 0.481 e. The van der Waals surface area contributed by atoms with Crippen molar-refractivity contribution in [2.24, 2.45) is 62.6 Å². The van der Waals surface area contributed by atoms with Crippen molar-refractivity contribution < 1.29 is 15.0 Å². The Morgan fingerprint density at radius 3 is 2.12 bits per heavy atom. The summed E-state index contributed by atoms with van der Waals surface area (Å²) >= 11 is 0. The summed E-state index contributed by atoms with van der Waals surface area (Å²) in [6.45, 7) is 17.1. The molecule has 0 aromatic heterocycles. The SMILES string of the molecule is CC(C)[C@@H]1CC[C@]2(C(=O)O)CC[C@]3(C)[C@H](CCC4[C@@]5(C)CC[C@H](O)C(C)(C)C5CC[C@]43C)C12. The molecular formula is C30H50O3. The minimum Gasteiger partial charge on any atom is -0.481 e. The minimum atomic E-state index is -0.497. The molecule has 3 unspecified atom stereocenters. The highest BCUT2D eigenvalue weighted by Crippen LogP contribution is 2.77. The van der Waals surface area contributed by atoms with Gasteiger partial charge in [0.05, 0.1) is 11.5 Å². The van der Waals surface area contributed by atoms with Crippen LogP contribution in [0.5, 0.6) is 0 Å². The molecule has 5 saturated carbocycles. The van der Waals surface area contributed by atoms with E-state index in [-0.39, 0.29) is 27.8 Å². The zero-order valence-corrected chi connectivity index (χ0v) is 22.4. The van der Waals surface area contributed by atoms with Crippen molar-refractivity contribution in [1.82, 2.24) is 0 Å². The molecular weight excluding hydrogens is 408 g/mol. The molecule has 5 aliphatic rings. The number of carboxylic acid groups (broad SMARTS) is 1. The number of carbonyl (C=O) groups is 1. The summed E-state index contributed by atoms with van der Waals surface area (Å²) in [5.41, 5.74) is 0.309. The van der Waals surface area contributed by atoms with Crippen LogP contribution in [0.4, 0.5) is 0 Å². The lowest BCUT2D eigenvalue weighted by atomic mass is 9.32. The Bertz CT molecular complexity index is 817. The Kier molecular flexibility index (Phi) is 5.29. The molecule has 5 aliphatic carbocycles. The van der Waals surface area contributed by atoms with E-state index in [1.807, 2.05) is 0 Å². The van der Waals surface area contributed by atoms with Crippen molar-refractivity contribution in [3.8, 4) is 0 Å². The molecule has 3 nitrogen and oxygen atoms in total. The number of rotatable bonds is 2. The average Bonchev–Trinajstić information content (AvgIpc) is 3.13. The lowest BCUT2D eigenvalue weighted by molar-refractivity contribution is -0.249. The zero-order valence-electron chi connectivity index (χ0n) is 22.4. The summed E-state index contributed by atoms with van der Waals surface area (Å²) < 4.78 is 0. The Balaban J connectivity index is 1.56. The molecule has 0 bridgehead atoms. The number of aliphatic carboxylic acids is 1. The molecule has 3 heteroatoms. The number of fused-ring (bicyclic) bond motifs is 7. The highest BCUT2D eigenvalue weighted by molar-refractivity contribution is 5.76. The van der Waals surface area contributed by atoms with Gasteiger partial charge in [-0.2, -0.15) is 0 Å². The monoisotopic (exact) mass is 458 g/mol. The standard InChI is InChI=1S/C30H50O3/c1-18(2)19-10-15-30(25(32)33)17-16-28(6)20(24(19)30)8-9-22-27(5)13-12-23(31)26(3,4)21(27)11-14-29(22,28)7/h18-24,31H,8-17H2,1-7H3,(H,32,33)/t19-,20+,21?,22?,23-,24?,27-,28+,29+,30-/m0/s1. The van der Waals surface area contributed by atoms with Gasteiger partial charge < -0.3 is 10.2 Å². The summed E-state index contributed by atoms with van der Waals surface area (Å²) in [4.78, 5) is 12.8. The first-order chi connectivity index (χ1) is 15.3. The summed E-state index contributed by atoms with van der Waals surface area (Å²) in [5, 5.41) is 21.4. The third-order valence-electron chi connectivity index (χ3n) is 13.7. The molecule has 0 aliphatic heterocycles. The fourth-order valence-electron chi connectivity index (χ4n) is 11.8. The third-order valence-corrected chi connectivity index (χ3v) is 13.7. The van der Waals surface area contributed by atoms with Crippen molar-refractivity contribution in [2.75, 3.05) is 0 Å². The second kappa shape index (κ2) is 7.23. The molecule has 0 saturated heterocycles. The van der Waals surface area contributed by atoms with Gasteiger partial charge in [0.15, 0.2) is 0 Å². The van der Waals surface area contributed by atoms with Crippen LogP contribution in [-0.2, 0) is 4.79 Å². The van der Waals surface area contributed by atoms with Gasteiger partial charge in [0.25, 0.3) is 0 Å². The van der Waals surface area contributed by atoms with Crippen molar-refractivity contribution in [3.05, 3.63) is 0 Å². The number of hydrogen-bond acceptors (Lipinski definition) is 2. The molecule has 33 heavy (non-hydrogen) atoms. The van der Waals surface area contributed by atoms with Crippen molar-refractivity contribution in [3.63, 3.8) is 0 Å². The lowest BCUT2D eigenvalue weighted by Gasteiger charge is -2.72. The summed E-state index contributed by atoms with van der Waals surface area (Å²) in [5.74, 6) is 2.79. The maximum atomic E-state index is 12.8. The highest BCUT2D eigenvalue weighted by Gasteiger charge is 2.72. The van der Waals surface area contributed by atoms with Gasteiger partial charge in [0.1, 0.15) is 0 Å². The predicted molar refractivity (Wildman–Crippen MR) is 133 cm³/mol. The first kappa shape index (κ1) is 24.1. The molecule has 188 valence electrons. The lowest BCUT2D eigenvalue weighted by Crippen LogP contribution is -2.67. The van der Waals surface area contributed by atoms with Gasteiger partial charge in [0.2, 0.25) is 0 Å².